The van der Waals surface area contributed by atoms with Crippen molar-refractivity contribution in [3.63, 3.8) is 0 Å². The number of aromatic nitrogens is 2. The van der Waals surface area contributed by atoms with E-state index in [1.165, 1.54) is 11.6 Å². The lowest BCUT2D eigenvalue weighted by Gasteiger charge is -2.35. The van der Waals surface area contributed by atoms with Crippen molar-refractivity contribution >= 4 is 16.7 Å². The molecule has 0 spiro atoms. The van der Waals surface area contributed by atoms with E-state index in [0.29, 0.717) is 29.9 Å². The summed E-state index contributed by atoms with van der Waals surface area (Å²) in [6, 6.07) is 21.9. The van der Waals surface area contributed by atoms with Gasteiger partial charge in [0.2, 0.25) is 0 Å². The van der Waals surface area contributed by atoms with Crippen LogP contribution in [-0.2, 0) is 13.1 Å². The zero-order valence-corrected chi connectivity index (χ0v) is 19.4. The average Bonchev–Trinajstić information content (AvgIpc) is 3.16. The summed E-state index contributed by atoms with van der Waals surface area (Å²) in [6.07, 6.45) is -0.623. The zero-order valence-electron chi connectivity index (χ0n) is 19.4. The first-order chi connectivity index (χ1) is 16.5. The molecular formula is C27H29N5O2. The molecule has 2 aromatic heterocycles. The maximum atomic E-state index is 12.8. The van der Waals surface area contributed by atoms with Crippen molar-refractivity contribution in [1.29, 1.82) is 5.26 Å². The van der Waals surface area contributed by atoms with E-state index in [0.717, 1.165) is 43.8 Å². The Labute approximate surface area is 198 Å². The first-order valence-electron chi connectivity index (χ1n) is 11.8. The number of pyridine rings is 1. The first kappa shape index (κ1) is 22.4. The molecule has 1 N–H and O–H groups in total. The summed E-state index contributed by atoms with van der Waals surface area (Å²) in [6.45, 7) is 7.33. The predicted molar refractivity (Wildman–Crippen MR) is 133 cm³/mol. The third-order valence-corrected chi connectivity index (χ3v) is 6.75. The molecule has 5 rings (SSSR count). The number of aliphatic hydroxyl groups is 1. The number of para-hydroxylation sites is 2. The minimum Gasteiger partial charge on any atom is -0.390 e. The van der Waals surface area contributed by atoms with E-state index in [2.05, 4.69) is 40.1 Å². The van der Waals surface area contributed by atoms with Gasteiger partial charge >= 0.3 is 0 Å². The molecule has 0 unspecified atom stereocenters. The van der Waals surface area contributed by atoms with Gasteiger partial charge < -0.3 is 9.67 Å². The third-order valence-electron chi connectivity index (χ3n) is 6.75. The van der Waals surface area contributed by atoms with Crippen molar-refractivity contribution in [2.75, 3.05) is 32.7 Å². The molecule has 1 fully saturated rings. The summed E-state index contributed by atoms with van der Waals surface area (Å²) in [5.74, 6) is 0. The standard InChI is InChI=1S/C27H29N5O2/c1-20-15-26(34)32-25-10-6-5-9-24(25)31(27(32)23(20)16-28)19-22(33)18-30-13-11-29(12-14-30)17-21-7-3-2-4-8-21/h2-10,15,22,33H,11-14,17-19H2,1H3/t22-/m0/s1. The lowest BCUT2D eigenvalue weighted by molar-refractivity contribution is 0.0633. The van der Waals surface area contributed by atoms with Gasteiger partial charge in [0.15, 0.2) is 0 Å². The average molecular weight is 456 g/mol. The second-order valence-electron chi connectivity index (χ2n) is 9.13. The molecule has 2 aromatic carbocycles. The van der Waals surface area contributed by atoms with E-state index in [1.807, 2.05) is 34.9 Å². The van der Waals surface area contributed by atoms with Crippen molar-refractivity contribution in [2.24, 2.45) is 0 Å². The van der Waals surface area contributed by atoms with Gasteiger partial charge in [-0.05, 0) is 30.2 Å². The van der Waals surface area contributed by atoms with Crippen LogP contribution in [0, 0.1) is 18.3 Å². The highest BCUT2D eigenvalue weighted by Crippen LogP contribution is 2.24. The number of rotatable bonds is 6. The summed E-state index contributed by atoms with van der Waals surface area (Å²) >= 11 is 0. The van der Waals surface area contributed by atoms with Crippen molar-refractivity contribution < 1.29 is 5.11 Å². The number of β-amino-alcohol motifs (C(OH)–C–C–N with tert-alkyl or cyclic N) is 1. The molecule has 174 valence electrons. The fourth-order valence-electron chi connectivity index (χ4n) is 5.06. The van der Waals surface area contributed by atoms with E-state index in [-0.39, 0.29) is 5.56 Å². The monoisotopic (exact) mass is 455 g/mol. The first-order valence-corrected chi connectivity index (χ1v) is 11.8. The zero-order chi connectivity index (χ0) is 23.7. The minimum atomic E-state index is -0.623. The number of benzene rings is 2. The predicted octanol–water partition coefficient (Wildman–Crippen LogP) is 2.61. The second-order valence-corrected chi connectivity index (χ2v) is 9.13. The Bertz CT molecular complexity index is 1410. The molecule has 0 saturated carbocycles. The Morgan fingerprint density at radius 1 is 0.941 bits per heavy atom. The van der Waals surface area contributed by atoms with Crippen LogP contribution in [-0.4, -0.2) is 62.7 Å². The van der Waals surface area contributed by atoms with Gasteiger partial charge in [-0.15, -0.1) is 0 Å². The quantitative estimate of drug-likeness (QED) is 0.484. The van der Waals surface area contributed by atoms with Gasteiger partial charge in [0, 0.05) is 45.3 Å². The number of aliphatic hydroxyl groups excluding tert-OH is 1. The molecule has 1 saturated heterocycles. The van der Waals surface area contributed by atoms with Gasteiger partial charge in [0.1, 0.15) is 11.7 Å². The third kappa shape index (κ3) is 4.24. The van der Waals surface area contributed by atoms with Crippen LogP contribution in [0.2, 0.25) is 0 Å². The summed E-state index contributed by atoms with van der Waals surface area (Å²) in [7, 11) is 0. The van der Waals surface area contributed by atoms with Crippen LogP contribution in [0.3, 0.4) is 0 Å². The number of piperazine rings is 1. The molecule has 0 bridgehead atoms. The Morgan fingerprint density at radius 3 is 2.29 bits per heavy atom. The Balaban J connectivity index is 1.34. The van der Waals surface area contributed by atoms with Crippen LogP contribution in [0.4, 0.5) is 0 Å². The van der Waals surface area contributed by atoms with Crippen LogP contribution in [0.1, 0.15) is 16.7 Å². The van der Waals surface area contributed by atoms with Crippen LogP contribution < -0.4 is 5.56 Å². The number of aryl methyl sites for hydroxylation is 1. The minimum absolute atomic E-state index is 0.162. The largest absolute Gasteiger partial charge is 0.390 e. The van der Waals surface area contributed by atoms with Crippen molar-refractivity contribution in [3.05, 3.63) is 87.7 Å². The van der Waals surface area contributed by atoms with Crippen molar-refractivity contribution in [3.8, 4) is 6.07 Å². The number of imidazole rings is 1. The van der Waals surface area contributed by atoms with Gasteiger partial charge in [0.25, 0.3) is 5.56 Å². The highest BCUT2D eigenvalue weighted by atomic mass is 16.3. The number of nitriles is 1. The van der Waals surface area contributed by atoms with Gasteiger partial charge in [-0.25, -0.2) is 0 Å². The molecule has 1 aliphatic heterocycles. The van der Waals surface area contributed by atoms with Crippen LogP contribution in [0.5, 0.6) is 0 Å². The summed E-state index contributed by atoms with van der Waals surface area (Å²) in [4.78, 5) is 17.6. The number of hydrogen-bond donors (Lipinski definition) is 1. The van der Waals surface area contributed by atoms with Gasteiger partial charge in [-0.2, -0.15) is 5.26 Å². The molecule has 0 radical (unpaired) electrons. The molecule has 34 heavy (non-hydrogen) atoms. The molecular weight excluding hydrogens is 426 g/mol. The maximum Gasteiger partial charge on any atom is 0.257 e. The molecule has 1 atom stereocenters. The Morgan fingerprint density at radius 2 is 1.59 bits per heavy atom. The van der Waals surface area contributed by atoms with Crippen LogP contribution in [0.25, 0.3) is 16.7 Å². The van der Waals surface area contributed by atoms with Gasteiger partial charge in [-0.3, -0.25) is 19.0 Å². The van der Waals surface area contributed by atoms with Crippen molar-refractivity contribution in [1.82, 2.24) is 18.8 Å². The van der Waals surface area contributed by atoms with Gasteiger partial charge in [0.05, 0.1) is 29.2 Å². The number of hydrogen-bond acceptors (Lipinski definition) is 5. The summed E-state index contributed by atoms with van der Waals surface area (Å²) in [5, 5.41) is 20.9. The highest BCUT2D eigenvalue weighted by Gasteiger charge is 2.22. The molecule has 0 aliphatic carbocycles. The maximum absolute atomic E-state index is 12.8. The van der Waals surface area contributed by atoms with E-state index < -0.39 is 6.10 Å². The van der Waals surface area contributed by atoms with Crippen LogP contribution >= 0.6 is 0 Å². The molecule has 7 heteroatoms. The summed E-state index contributed by atoms with van der Waals surface area (Å²) in [5.41, 5.74) is 4.43. The number of fused-ring (bicyclic) bond motifs is 3. The number of nitrogens with zero attached hydrogens (tertiary/aromatic N) is 5. The fraction of sp³-hybridized carbons (Fsp3) is 0.333. The topological polar surface area (TPSA) is 76.9 Å². The van der Waals surface area contributed by atoms with E-state index >= 15 is 0 Å². The van der Waals surface area contributed by atoms with Gasteiger partial charge in [-0.1, -0.05) is 42.5 Å². The lowest BCUT2D eigenvalue weighted by atomic mass is 10.1. The molecule has 7 nitrogen and oxygen atoms in total. The smallest absolute Gasteiger partial charge is 0.257 e. The second kappa shape index (κ2) is 9.43. The molecule has 0 amide bonds. The van der Waals surface area contributed by atoms with Crippen molar-refractivity contribution in [2.45, 2.75) is 26.1 Å². The van der Waals surface area contributed by atoms with E-state index in [1.54, 1.807) is 11.3 Å². The Kier molecular flexibility index (Phi) is 6.20. The van der Waals surface area contributed by atoms with Crippen LogP contribution in [0.15, 0.2) is 65.5 Å². The molecule has 1 aliphatic rings. The van der Waals surface area contributed by atoms with E-state index in [9.17, 15) is 15.2 Å². The highest BCUT2D eigenvalue weighted by molar-refractivity contribution is 5.84. The SMILES string of the molecule is Cc1cc(=O)n2c3ccccc3n(C[C@@H](O)CN3CCN(Cc4ccccc4)CC3)c2c1C#N. The summed E-state index contributed by atoms with van der Waals surface area (Å²) < 4.78 is 3.52. The normalized spacial score (nSPS) is 16.1. The van der Waals surface area contributed by atoms with E-state index in [4.69, 9.17) is 0 Å². The molecule has 4 aromatic rings. The Hall–Kier alpha value is -3.44. The molecule has 3 heterocycles. The lowest BCUT2D eigenvalue weighted by Crippen LogP contribution is -2.48. The fourth-order valence-corrected chi connectivity index (χ4v) is 5.06.